The van der Waals surface area contributed by atoms with Crippen LogP contribution in [0.1, 0.15) is 0 Å². The van der Waals surface area contributed by atoms with E-state index < -0.39 is 0 Å². The van der Waals surface area contributed by atoms with E-state index in [1.807, 2.05) is 0 Å². The first-order chi connectivity index (χ1) is 8.16. The van der Waals surface area contributed by atoms with Crippen LogP contribution in [-0.2, 0) is 4.79 Å². The molecule has 92 valence electrons. The number of pyridine rings is 1. The van der Waals surface area contributed by atoms with Crippen LogP contribution in [0.15, 0.2) is 16.7 Å². The van der Waals surface area contributed by atoms with Crippen LogP contribution in [0.25, 0.3) is 0 Å². The molecule has 4 nitrogen and oxygen atoms in total. The zero-order valence-corrected chi connectivity index (χ0v) is 12.0. The van der Waals surface area contributed by atoms with Crippen molar-refractivity contribution in [2.45, 2.75) is 6.04 Å². The standard InChI is InChI=1S/C10H11BrClN3OS/c11-6-3-7(9(12)14-4-6)15-10(16)8-5-17-2-1-13-8/h3-4,8,13H,1-2,5H2,(H,15,16). The van der Waals surface area contributed by atoms with Crippen LogP contribution in [0.4, 0.5) is 5.69 Å². The first-order valence-corrected chi connectivity index (χ1v) is 7.42. The Hall–Kier alpha value is -0.300. The van der Waals surface area contributed by atoms with Gasteiger partial charge in [-0.1, -0.05) is 11.6 Å². The van der Waals surface area contributed by atoms with Crippen LogP contribution in [0.5, 0.6) is 0 Å². The minimum Gasteiger partial charge on any atom is -0.322 e. The molecule has 0 aromatic carbocycles. The molecule has 2 heterocycles. The summed E-state index contributed by atoms with van der Waals surface area (Å²) in [6, 6.07) is 1.58. The van der Waals surface area contributed by atoms with E-state index >= 15 is 0 Å². The van der Waals surface area contributed by atoms with Gasteiger partial charge < -0.3 is 10.6 Å². The maximum Gasteiger partial charge on any atom is 0.242 e. The van der Waals surface area contributed by atoms with Crippen LogP contribution in [0, 0.1) is 0 Å². The molecule has 2 N–H and O–H groups in total. The fourth-order valence-electron chi connectivity index (χ4n) is 1.46. The summed E-state index contributed by atoms with van der Waals surface area (Å²) in [6.07, 6.45) is 1.59. The van der Waals surface area contributed by atoms with Gasteiger partial charge in [-0.05, 0) is 22.0 Å². The monoisotopic (exact) mass is 335 g/mol. The van der Waals surface area contributed by atoms with Gasteiger partial charge in [-0.2, -0.15) is 11.8 Å². The van der Waals surface area contributed by atoms with Gasteiger partial charge in [0.25, 0.3) is 0 Å². The van der Waals surface area contributed by atoms with E-state index in [-0.39, 0.29) is 11.9 Å². The van der Waals surface area contributed by atoms with Crippen molar-refractivity contribution in [2.75, 3.05) is 23.4 Å². The zero-order valence-electron chi connectivity index (χ0n) is 8.87. The summed E-state index contributed by atoms with van der Waals surface area (Å²) in [5, 5.41) is 6.24. The number of aromatic nitrogens is 1. The molecule has 1 aromatic heterocycles. The molecule has 1 aliphatic rings. The predicted molar refractivity (Wildman–Crippen MR) is 74.7 cm³/mol. The van der Waals surface area contributed by atoms with Crippen molar-refractivity contribution in [3.8, 4) is 0 Å². The number of halogens is 2. The molecule has 0 aliphatic carbocycles. The van der Waals surface area contributed by atoms with Crippen LogP contribution in [-0.4, -0.2) is 35.0 Å². The lowest BCUT2D eigenvalue weighted by atomic mass is 10.3. The van der Waals surface area contributed by atoms with Gasteiger partial charge in [-0.25, -0.2) is 4.98 Å². The molecule has 1 aromatic rings. The highest BCUT2D eigenvalue weighted by Crippen LogP contribution is 2.23. The molecule has 1 atom stereocenters. The van der Waals surface area contributed by atoms with Crippen molar-refractivity contribution in [3.05, 3.63) is 21.9 Å². The van der Waals surface area contributed by atoms with E-state index in [1.54, 1.807) is 24.0 Å². The number of anilines is 1. The van der Waals surface area contributed by atoms with Gasteiger partial charge in [0.05, 0.1) is 11.7 Å². The highest BCUT2D eigenvalue weighted by atomic mass is 79.9. The fraction of sp³-hybridized carbons (Fsp3) is 0.400. The number of rotatable bonds is 2. The molecule has 1 saturated heterocycles. The maximum absolute atomic E-state index is 11.9. The van der Waals surface area contributed by atoms with Gasteiger partial charge in [0.2, 0.25) is 5.91 Å². The van der Waals surface area contributed by atoms with Crippen molar-refractivity contribution in [1.82, 2.24) is 10.3 Å². The Morgan fingerprint density at radius 1 is 1.71 bits per heavy atom. The lowest BCUT2D eigenvalue weighted by Crippen LogP contribution is -2.46. The molecule has 1 amide bonds. The van der Waals surface area contributed by atoms with Gasteiger partial charge in [-0.15, -0.1) is 0 Å². The van der Waals surface area contributed by atoms with Crippen LogP contribution < -0.4 is 10.6 Å². The second-order valence-corrected chi connectivity index (χ2v) is 5.99. The molecule has 1 unspecified atom stereocenters. The first-order valence-electron chi connectivity index (χ1n) is 5.10. The van der Waals surface area contributed by atoms with Gasteiger partial charge in [0.1, 0.15) is 0 Å². The summed E-state index contributed by atoms with van der Waals surface area (Å²) >= 11 is 11.0. The Balaban J connectivity index is 2.04. The lowest BCUT2D eigenvalue weighted by Gasteiger charge is -2.22. The summed E-state index contributed by atoms with van der Waals surface area (Å²) in [4.78, 5) is 15.9. The maximum atomic E-state index is 11.9. The van der Waals surface area contributed by atoms with E-state index in [0.717, 1.165) is 22.5 Å². The Morgan fingerprint density at radius 3 is 3.24 bits per heavy atom. The van der Waals surface area contributed by atoms with Gasteiger partial charge >= 0.3 is 0 Å². The number of amides is 1. The Labute approximate surface area is 117 Å². The molecular weight excluding hydrogens is 326 g/mol. The summed E-state index contributed by atoms with van der Waals surface area (Å²) in [5.41, 5.74) is 0.531. The first kappa shape index (κ1) is 13.1. The number of hydrogen-bond donors (Lipinski definition) is 2. The smallest absolute Gasteiger partial charge is 0.242 e. The normalized spacial score (nSPS) is 20.0. The molecule has 0 bridgehead atoms. The van der Waals surface area contributed by atoms with Gasteiger partial charge in [0, 0.05) is 28.7 Å². The second kappa shape index (κ2) is 6.04. The fourth-order valence-corrected chi connectivity index (χ4v) is 2.88. The minimum atomic E-state index is -0.163. The topological polar surface area (TPSA) is 54.0 Å². The number of nitrogens with zero attached hydrogens (tertiary/aromatic N) is 1. The van der Waals surface area contributed by atoms with Crippen molar-refractivity contribution >= 4 is 50.9 Å². The summed E-state index contributed by atoms with van der Waals surface area (Å²) < 4.78 is 0.781. The van der Waals surface area contributed by atoms with Crippen molar-refractivity contribution in [2.24, 2.45) is 0 Å². The third-order valence-corrected chi connectivity index (χ3v) is 4.10. The van der Waals surface area contributed by atoms with Crippen LogP contribution in [0.3, 0.4) is 0 Å². The third kappa shape index (κ3) is 3.58. The average Bonchev–Trinajstić information content (AvgIpc) is 2.35. The summed E-state index contributed by atoms with van der Waals surface area (Å²) in [5.74, 6) is 1.76. The molecule has 1 aliphatic heterocycles. The Kier molecular flexibility index (Phi) is 4.67. The largest absolute Gasteiger partial charge is 0.322 e. The van der Waals surface area contributed by atoms with Crippen molar-refractivity contribution < 1.29 is 4.79 Å². The van der Waals surface area contributed by atoms with Gasteiger partial charge in [-0.3, -0.25) is 4.79 Å². The molecule has 2 rings (SSSR count). The van der Waals surface area contributed by atoms with Crippen molar-refractivity contribution in [1.29, 1.82) is 0 Å². The minimum absolute atomic E-state index is 0.0704. The van der Waals surface area contributed by atoms with E-state index in [1.165, 1.54) is 0 Å². The van der Waals surface area contributed by atoms with E-state index in [4.69, 9.17) is 11.6 Å². The Morgan fingerprint density at radius 2 is 2.53 bits per heavy atom. The highest BCUT2D eigenvalue weighted by molar-refractivity contribution is 9.10. The number of thioether (sulfide) groups is 1. The van der Waals surface area contributed by atoms with Crippen LogP contribution >= 0.6 is 39.3 Å². The zero-order chi connectivity index (χ0) is 12.3. The Bertz CT molecular complexity index is 426. The summed E-state index contributed by atoms with van der Waals surface area (Å²) in [7, 11) is 0. The molecule has 7 heteroatoms. The van der Waals surface area contributed by atoms with E-state index in [2.05, 4.69) is 31.5 Å². The molecule has 17 heavy (non-hydrogen) atoms. The second-order valence-electron chi connectivity index (χ2n) is 3.56. The average molecular weight is 337 g/mol. The van der Waals surface area contributed by atoms with Crippen LogP contribution in [0.2, 0.25) is 5.15 Å². The quantitative estimate of drug-likeness (QED) is 0.813. The third-order valence-electron chi connectivity index (χ3n) is 2.30. The van der Waals surface area contributed by atoms with Crippen molar-refractivity contribution in [3.63, 3.8) is 0 Å². The molecule has 0 saturated carbocycles. The highest BCUT2D eigenvalue weighted by Gasteiger charge is 2.21. The molecule has 0 radical (unpaired) electrons. The number of carbonyl (C=O) groups is 1. The predicted octanol–water partition coefficient (Wildman–Crippen LogP) is 2.14. The SMILES string of the molecule is O=C(Nc1cc(Br)cnc1Cl)C1CSCCN1. The number of nitrogens with one attached hydrogen (secondary N) is 2. The molecule has 1 fully saturated rings. The van der Waals surface area contributed by atoms with Gasteiger partial charge in [0.15, 0.2) is 5.15 Å². The summed E-state index contributed by atoms with van der Waals surface area (Å²) in [6.45, 7) is 0.854. The van der Waals surface area contributed by atoms with E-state index in [0.29, 0.717) is 10.8 Å². The molecule has 0 spiro atoms. The van der Waals surface area contributed by atoms with E-state index in [9.17, 15) is 4.79 Å². The number of carbonyl (C=O) groups excluding carboxylic acids is 1. The number of hydrogen-bond acceptors (Lipinski definition) is 4. The lowest BCUT2D eigenvalue weighted by molar-refractivity contribution is -0.117. The molecular formula is C10H11BrClN3OS.